The zero-order chi connectivity index (χ0) is 21.0. The van der Waals surface area contributed by atoms with E-state index in [0.29, 0.717) is 29.1 Å². The number of para-hydroxylation sites is 4. The summed E-state index contributed by atoms with van der Waals surface area (Å²) >= 11 is 0. The molecule has 3 rings (SSSR count). The van der Waals surface area contributed by atoms with E-state index >= 15 is 0 Å². The Hall–Kier alpha value is -3.68. The third kappa shape index (κ3) is 4.26. The summed E-state index contributed by atoms with van der Waals surface area (Å²) in [5.41, 5.74) is 1.02. The van der Waals surface area contributed by atoms with Gasteiger partial charge in [-0.25, -0.2) is 4.98 Å². The van der Waals surface area contributed by atoms with Crippen LogP contribution in [0, 0.1) is 0 Å². The van der Waals surface area contributed by atoms with Gasteiger partial charge < -0.3 is 10.1 Å². The molecule has 1 heterocycles. The molecule has 3 aromatic rings. The van der Waals surface area contributed by atoms with E-state index in [9.17, 15) is 14.4 Å². The van der Waals surface area contributed by atoms with Crippen molar-refractivity contribution in [2.24, 2.45) is 0 Å². The first-order valence-electron chi connectivity index (χ1n) is 9.18. The van der Waals surface area contributed by atoms with Gasteiger partial charge in [0.05, 0.1) is 23.3 Å². The maximum atomic E-state index is 13.0. The summed E-state index contributed by atoms with van der Waals surface area (Å²) in [6.07, 6.45) is 0. The number of carbonyl (C=O) groups is 2. The van der Waals surface area contributed by atoms with Crippen LogP contribution in [0.15, 0.2) is 53.3 Å². The molecular formula is C21H22N4O4. The largest absolute Gasteiger partial charge is 0.492 e. The molecule has 0 fully saturated rings. The Kier molecular flexibility index (Phi) is 5.92. The number of nitrogens with zero attached hydrogens (tertiary/aromatic N) is 3. The van der Waals surface area contributed by atoms with Gasteiger partial charge >= 0.3 is 0 Å². The lowest BCUT2D eigenvalue weighted by Gasteiger charge is -2.17. The fourth-order valence-electron chi connectivity index (χ4n) is 2.89. The maximum absolute atomic E-state index is 13.0. The minimum absolute atomic E-state index is 0.0290. The van der Waals surface area contributed by atoms with Crippen LogP contribution >= 0.6 is 0 Å². The van der Waals surface area contributed by atoms with Crippen molar-refractivity contribution in [1.29, 1.82) is 0 Å². The monoisotopic (exact) mass is 394 g/mol. The molecule has 1 aromatic heterocycles. The molecule has 0 aliphatic carbocycles. The number of rotatable bonds is 6. The molecule has 1 N–H and O–H groups in total. The molecule has 0 aliphatic heterocycles. The molecule has 0 unspecified atom stereocenters. The first-order chi connectivity index (χ1) is 13.9. The number of benzene rings is 2. The van der Waals surface area contributed by atoms with Crippen molar-refractivity contribution in [3.8, 4) is 5.75 Å². The number of amides is 2. The van der Waals surface area contributed by atoms with E-state index in [2.05, 4.69) is 10.3 Å². The Morgan fingerprint density at radius 3 is 2.55 bits per heavy atom. The zero-order valence-electron chi connectivity index (χ0n) is 16.5. The van der Waals surface area contributed by atoms with Crippen LogP contribution in [0.5, 0.6) is 5.75 Å². The van der Waals surface area contributed by atoms with E-state index in [0.717, 1.165) is 0 Å². The fraction of sp³-hybridized carbons (Fsp3) is 0.238. The van der Waals surface area contributed by atoms with Gasteiger partial charge in [-0.05, 0) is 31.2 Å². The van der Waals surface area contributed by atoms with E-state index in [4.69, 9.17) is 4.74 Å². The average Bonchev–Trinajstić information content (AvgIpc) is 2.71. The van der Waals surface area contributed by atoms with Crippen LogP contribution in [-0.4, -0.2) is 35.0 Å². The number of carbonyl (C=O) groups excluding carboxylic acids is 2. The Labute approximate surface area is 167 Å². The third-order valence-electron chi connectivity index (χ3n) is 4.39. The van der Waals surface area contributed by atoms with Crippen molar-refractivity contribution in [1.82, 2.24) is 9.55 Å². The summed E-state index contributed by atoms with van der Waals surface area (Å²) in [5, 5.41) is 2.78. The fourth-order valence-corrected chi connectivity index (χ4v) is 2.89. The molecule has 8 nitrogen and oxygen atoms in total. The summed E-state index contributed by atoms with van der Waals surface area (Å²) in [4.78, 5) is 42.9. The predicted molar refractivity (Wildman–Crippen MR) is 111 cm³/mol. The SMILES string of the molecule is CCOc1ccccc1NC(=O)Cn1c(=O)c(N(C)C(C)=O)nc2ccccc21. The summed E-state index contributed by atoms with van der Waals surface area (Å²) in [7, 11) is 1.48. The number of anilines is 2. The van der Waals surface area contributed by atoms with E-state index in [1.54, 1.807) is 42.5 Å². The molecule has 0 atom stereocenters. The van der Waals surface area contributed by atoms with Crippen molar-refractivity contribution in [3.63, 3.8) is 0 Å². The number of nitrogens with one attached hydrogen (secondary N) is 1. The highest BCUT2D eigenvalue weighted by Gasteiger charge is 2.18. The van der Waals surface area contributed by atoms with Gasteiger partial charge in [0.15, 0.2) is 0 Å². The van der Waals surface area contributed by atoms with E-state index in [1.807, 2.05) is 13.0 Å². The zero-order valence-corrected chi connectivity index (χ0v) is 16.5. The number of ether oxygens (including phenoxy) is 1. The summed E-state index contributed by atoms with van der Waals surface area (Å²) in [6.45, 7) is 3.43. The quantitative estimate of drug-likeness (QED) is 0.693. The van der Waals surface area contributed by atoms with E-state index < -0.39 is 11.5 Å². The second-order valence-electron chi connectivity index (χ2n) is 6.37. The van der Waals surface area contributed by atoms with Crippen LogP contribution in [0.4, 0.5) is 11.5 Å². The number of hydrogen-bond acceptors (Lipinski definition) is 5. The summed E-state index contributed by atoms with van der Waals surface area (Å²) < 4.78 is 6.84. The lowest BCUT2D eigenvalue weighted by molar-refractivity contribution is -0.117. The second-order valence-corrected chi connectivity index (χ2v) is 6.37. The Morgan fingerprint density at radius 2 is 1.83 bits per heavy atom. The molecule has 2 amide bonds. The first kappa shape index (κ1) is 20.1. The topological polar surface area (TPSA) is 93.5 Å². The Balaban J connectivity index is 1.99. The molecule has 29 heavy (non-hydrogen) atoms. The minimum atomic E-state index is -0.519. The minimum Gasteiger partial charge on any atom is -0.492 e. The van der Waals surface area contributed by atoms with Crippen molar-refractivity contribution in [2.75, 3.05) is 23.9 Å². The van der Waals surface area contributed by atoms with Crippen molar-refractivity contribution < 1.29 is 14.3 Å². The Morgan fingerprint density at radius 1 is 1.14 bits per heavy atom. The van der Waals surface area contributed by atoms with Gasteiger partial charge in [0.2, 0.25) is 17.6 Å². The predicted octanol–water partition coefficient (Wildman–Crippen LogP) is 2.42. The van der Waals surface area contributed by atoms with Crippen molar-refractivity contribution in [2.45, 2.75) is 20.4 Å². The second kappa shape index (κ2) is 8.55. The molecule has 2 aromatic carbocycles. The highest BCUT2D eigenvalue weighted by molar-refractivity contribution is 5.94. The lowest BCUT2D eigenvalue weighted by atomic mass is 10.2. The number of aromatic nitrogens is 2. The molecule has 0 spiro atoms. The molecular weight excluding hydrogens is 372 g/mol. The van der Waals surface area contributed by atoms with E-state index in [-0.39, 0.29) is 18.3 Å². The maximum Gasteiger partial charge on any atom is 0.294 e. The molecule has 0 bridgehead atoms. The van der Waals surface area contributed by atoms with Gasteiger partial charge in [-0.3, -0.25) is 23.9 Å². The van der Waals surface area contributed by atoms with Gasteiger partial charge in [0.25, 0.3) is 5.56 Å². The van der Waals surface area contributed by atoms with Crippen LogP contribution in [0.25, 0.3) is 11.0 Å². The standard InChI is InChI=1S/C21H22N4O4/c1-4-29-18-12-8-6-10-16(18)22-19(27)13-25-17-11-7-5-9-15(17)23-20(21(25)28)24(3)14(2)26/h5-12H,4,13H2,1-3H3,(H,22,27). The van der Waals surface area contributed by atoms with E-state index in [1.165, 1.54) is 23.4 Å². The lowest BCUT2D eigenvalue weighted by Crippen LogP contribution is -2.36. The van der Waals surface area contributed by atoms with Crippen LogP contribution < -0.4 is 20.5 Å². The smallest absolute Gasteiger partial charge is 0.294 e. The normalized spacial score (nSPS) is 10.6. The van der Waals surface area contributed by atoms with Crippen molar-refractivity contribution >= 4 is 34.4 Å². The molecule has 0 saturated carbocycles. The number of hydrogen-bond donors (Lipinski definition) is 1. The van der Waals surface area contributed by atoms with Crippen molar-refractivity contribution in [3.05, 3.63) is 58.9 Å². The van der Waals surface area contributed by atoms with Gasteiger partial charge in [-0.15, -0.1) is 0 Å². The Bertz CT molecular complexity index is 1120. The summed E-state index contributed by atoms with van der Waals surface area (Å²) in [5.74, 6) is -0.204. The molecule has 0 radical (unpaired) electrons. The third-order valence-corrected chi connectivity index (χ3v) is 4.39. The number of fused-ring (bicyclic) bond motifs is 1. The highest BCUT2D eigenvalue weighted by Crippen LogP contribution is 2.23. The average molecular weight is 394 g/mol. The van der Waals surface area contributed by atoms with Gasteiger partial charge in [0, 0.05) is 14.0 Å². The van der Waals surface area contributed by atoms with Crippen LogP contribution in [0.3, 0.4) is 0 Å². The molecule has 0 saturated heterocycles. The molecule has 150 valence electrons. The van der Waals surface area contributed by atoms with Crippen LogP contribution in [0.2, 0.25) is 0 Å². The summed E-state index contributed by atoms with van der Waals surface area (Å²) in [6, 6.07) is 14.1. The molecule has 8 heteroatoms. The van der Waals surface area contributed by atoms with Gasteiger partial charge in [0.1, 0.15) is 12.3 Å². The van der Waals surface area contributed by atoms with Crippen LogP contribution in [0.1, 0.15) is 13.8 Å². The van der Waals surface area contributed by atoms with Gasteiger partial charge in [-0.1, -0.05) is 24.3 Å². The molecule has 0 aliphatic rings. The first-order valence-corrected chi connectivity index (χ1v) is 9.18. The van der Waals surface area contributed by atoms with Crippen LogP contribution in [-0.2, 0) is 16.1 Å². The van der Waals surface area contributed by atoms with Gasteiger partial charge in [-0.2, -0.15) is 0 Å². The highest BCUT2D eigenvalue weighted by atomic mass is 16.5.